The zero-order valence-corrected chi connectivity index (χ0v) is 14.6. The lowest BCUT2D eigenvalue weighted by Crippen LogP contribution is -2.28. The van der Waals surface area contributed by atoms with Crippen LogP contribution in [0.25, 0.3) is 0 Å². The van der Waals surface area contributed by atoms with E-state index in [1.54, 1.807) is 18.2 Å². The SMILES string of the molecule is CN(C)Cc1cccc(CNC(=O)Nc2ccc(Cl)c(Cl)c2)c1. The number of halogens is 2. The van der Waals surface area contributed by atoms with Crippen molar-refractivity contribution in [1.82, 2.24) is 10.2 Å². The zero-order chi connectivity index (χ0) is 16.8. The molecule has 0 bridgehead atoms. The van der Waals surface area contributed by atoms with Crippen LogP contribution in [-0.4, -0.2) is 25.0 Å². The highest BCUT2D eigenvalue weighted by Crippen LogP contribution is 2.24. The van der Waals surface area contributed by atoms with E-state index in [4.69, 9.17) is 23.2 Å². The van der Waals surface area contributed by atoms with Crippen molar-refractivity contribution in [2.75, 3.05) is 19.4 Å². The number of hydrogen-bond donors (Lipinski definition) is 2. The van der Waals surface area contributed by atoms with Crippen LogP contribution in [0.4, 0.5) is 10.5 Å². The molecule has 0 fully saturated rings. The maximum absolute atomic E-state index is 11.9. The third-order valence-electron chi connectivity index (χ3n) is 3.12. The van der Waals surface area contributed by atoms with Crippen LogP contribution in [0.5, 0.6) is 0 Å². The summed E-state index contributed by atoms with van der Waals surface area (Å²) in [6.07, 6.45) is 0. The molecule has 122 valence electrons. The average molecular weight is 352 g/mol. The summed E-state index contributed by atoms with van der Waals surface area (Å²) in [6, 6.07) is 12.8. The van der Waals surface area contributed by atoms with Crippen molar-refractivity contribution >= 4 is 34.9 Å². The standard InChI is InChI=1S/C17H19Cl2N3O/c1-22(2)11-13-5-3-4-12(8-13)10-20-17(23)21-14-6-7-15(18)16(19)9-14/h3-9H,10-11H2,1-2H3,(H2,20,21,23). The molecular weight excluding hydrogens is 333 g/mol. The fourth-order valence-electron chi connectivity index (χ4n) is 2.13. The average Bonchev–Trinajstić information content (AvgIpc) is 2.49. The van der Waals surface area contributed by atoms with Crippen molar-refractivity contribution in [3.63, 3.8) is 0 Å². The van der Waals surface area contributed by atoms with Crippen LogP contribution >= 0.6 is 23.2 Å². The van der Waals surface area contributed by atoms with Gasteiger partial charge in [0.1, 0.15) is 0 Å². The Morgan fingerprint density at radius 1 is 1.04 bits per heavy atom. The third-order valence-corrected chi connectivity index (χ3v) is 3.86. The van der Waals surface area contributed by atoms with E-state index in [0.717, 1.165) is 12.1 Å². The molecule has 0 aliphatic rings. The van der Waals surface area contributed by atoms with Gasteiger partial charge in [-0.2, -0.15) is 0 Å². The smallest absolute Gasteiger partial charge is 0.319 e. The molecule has 0 spiro atoms. The molecule has 0 aliphatic heterocycles. The molecular formula is C17H19Cl2N3O. The highest BCUT2D eigenvalue weighted by Gasteiger charge is 2.05. The molecule has 2 aromatic carbocycles. The number of hydrogen-bond acceptors (Lipinski definition) is 2. The zero-order valence-electron chi connectivity index (χ0n) is 13.1. The number of carbonyl (C=O) groups excluding carboxylic acids is 1. The van der Waals surface area contributed by atoms with Crippen molar-refractivity contribution in [3.05, 3.63) is 63.6 Å². The summed E-state index contributed by atoms with van der Waals surface area (Å²) in [4.78, 5) is 14.0. The first-order valence-corrected chi connectivity index (χ1v) is 7.92. The lowest BCUT2D eigenvalue weighted by molar-refractivity contribution is 0.251. The first kappa shape index (κ1) is 17.6. The van der Waals surface area contributed by atoms with Gasteiger partial charge in [-0.15, -0.1) is 0 Å². The first-order valence-electron chi connectivity index (χ1n) is 7.16. The summed E-state index contributed by atoms with van der Waals surface area (Å²) in [6.45, 7) is 1.32. The van der Waals surface area contributed by atoms with E-state index in [1.807, 2.05) is 26.2 Å². The molecule has 0 unspecified atom stereocenters. The topological polar surface area (TPSA) is 44.4 Å². The van der Waals surface area contributed by atoms with Crippen molar-refractivity contribution in [3.8, 4) is 0 Å². The number of nitrogens with zero attached hydrogens (tertiary/aromatic N) is 1. The summed E-state index contributed by atoms with van der Waals surface area (Å²) in [5, 5.41) is 6.41. The van der Waals surface area contributed by atoms with Crippen molar-refractivity contribution in [2.24, 2.45) is 0 Å². The molecule has 0 aromatic heterocycles. The van der Waals surface area contributed by atoms with Gasteiger partial charge >= 0.3 is 6.03 Å². The van der Waals surface area contributed by atoms with Gasteiger partial charge in [-0.05, 0) is 43.4 Å². The van der Waals surface area contributed by atoms with Crippen LogP contribution < -0.4 is 10.6 Å². The highest BCUT2D eigenvalue weighted by molar-refractivity contribution is 6.42. The number of benzene rings is 2. The number of urea groups is 1. The first-order chi connectivity index (χ1) is 10.9. The Hall–Kier alpha value is -1.75. The second-order valence-corrected chi connectivity index (χ2v) is 6.31. The second-order valence-electron chi connectivity index (χ2n) is 5.49. The largest absolute Gasteiger partial charge is 0.334 e. The molecule has 0 atom stereocenters. The van der Waals surface area contributed by atoms with Crippen LogP contribution in [0.2, 0.25) is 10.0 Å². The summed E-state index contributed by atoms with van der Waals surface area (Å²) >= 11 is 11.8. The lowest BCUT2D eigenvalue weighted by Gasteiger charge is -2.12. The van der Waals surface area contributed by atoms with E-state index >= 15 is 0 Å². The van der Waals surface area contributed by atoms with E-state index in [2.05, 4.69) is 27.7 Å². The predicted octanol–water partition coefficient (Wildman–Crippen LogP) is 4.38. The molecule has 2 N–H and O–H groups in total. The van der Waals surface area contributed by atoms with E-state index in [1.165, 1.54) is 5.56 Å². The molecule has 2 rings (SSSR count). The van der Waals surface area contributed by atoms with Gasteiger partial charge in [0, 0.05) is 18.8 Å². The number of amides is 2. The van der Waals surface area contributed by atoms with E-state index in [9.17, 15) is 4.79 Å². The molecule has 23 heavy (non-hydrogen) atoms. The van der Waals surface area contributed by atoms with Gasteiger partial charge in [-0.3, -0.25) is 0 Å². The molecule has 6 heteroatoms. The van der Waals surface area contributed by atoms with Crippen LogP contribution in [0, 0.1) is 0 Å². The Morgan fingerprint density at radius 2 is 1.78 bits per heavy atom. The minimum atomic E-state index is -0.290. The van der Waals surface area contributed by atoms with Gasteiger partial charge in [0.25, 0.3) is 0 Å². The number of anilines is 1. The second kappa shape index (κ2) is 8.20. The van der Waals surface area contributed by atoms with E-state index in [0.29, 0.717) is 22.3 Å². The third kappa shape index (κ3) is 5.75. The van der Waals surface area contributed by atoms with Gasteiger partial charge in [0.2, 0.25) is 0 Å². The fourth-order valence-corrected chi connectivity index (χ4v) is 2.43. The van der Waals surface area contributed by atoms with Gasteiger partial charge in [0.05, 0.1) is 10.0 Å². The highest BCUT2D eigenvalue weighted by atomic mass is 35.5. The minimum absolute atomic E-state index is 0.290. The summed E-state index contributed by atoms with van der Waals surface area (Å²) in [5.74, 6) is 0. The number of nitrogens with one attached hydrogen (secondary N) is 2. The van der Waals surface area contributed by atoms with Gasteiger partial charge < -0.3 is 15.5 Å². The fraction of sp³-hybridized carbons (Fsp3) is 0.235. The molecule has 2 aromatic rings. The van der Waals surface area contributed by atoms with Crippen molar-refractivity contribution in [2.45, 2.75) is 13.1 Å². The quantitative estimate of drug-likeness (QED) is 0.839. The van der Waals surface area contributed by atoms with E-state index in [-0.39, 0.29) is 6.03 Å². The van der Waals surface area contributed by atoms with Gasteiger partial charge in [-0.25, -0.2) is 4.79 Å². The number of rotatable bonds is 5. The summed E-state index contributed by atoms with van der Waals surface area (Å²) in [7, 11) is 4.05. The molecule has 0 aliphatic carbocycles. The minimum Gasteiger partial charge on any atom is -0.334 e. The van der Waals surface area contributed by atoms with Crippen LogP contribution in [0.1, 0.15) is 11.1 Å². The Kier molecular flexibility index (Phi) is 6.28. The van der Waals surface area contributed by atoms with Crippen LogP contribution in [0.3, 0.4) is 0 Å². The molecule has 4 nitrogen and oxygen atoms in total. The van der Waals surface area contributed by atoms with Crippen molar-refractivity contribution in [1.29, 1.82) is 0 Å². The summed E-state index contributed by atoms with van der Waals surface area (Å²) < 4.78 is 0. The molecule has 0 saturated carbocycles. The monoisotopic (exact) mass is 351 g/mol. The Balaban J connectivity index is 1.90. The molecule has 0 heterocycles. The summed E-state index contributed by atoms with van der Waals surface area (Å²) in [5.41, 5.74) is 2.85. The van der Waals surface area contributed by atoms with Gasteiger partial charge in [-0.1, -0.05) is 47.5 Å². The Morgan fingerprint density at radius 3 is 2.48 bits per heavy atom. The van der Waals surface area contributed by atoms with Crippen LogP contribution in [-0.2, 0) is 13.1 Å². The molecule has 0 radical (unpaired) electrons. The maximum atomic E-state index is 11.9. The molecule has 2 amide bonds. The normalized spacial score (nSPS) is 10.7. The van der Waals surface area contributed by atoms with Crippen LogP contribution in [0.15, 0.2) is 42.5 Å². The number of carbonyl (C=O) groups is 1. The Bertz CT molecular complexity index is 689. The maximum Gasteiger partial charge on any atom is 0.319 e. The Labute approximate surface area is 146 Å². The van der Waals surface area contributed by atoms with Gasteiger partial charge in [0.15, 0.2) is 0 Å². The lowest BCUT2D eigenvalue weighted by atomic mass is 10.1. The molecule has 0 saturated heterocycles. The predicted molar refractivity (Wildman–Crippen MR) is 96.2 cm³/mol. The van der Waals surface area contributed by atoms with Crippen molar-refractivity contribution < 1.29 is 4.79 Å². The van der Waals surface area contributed by atoms with E-state index < -0.39 is 0 Å².